The number of halogens is 2. The van der Waals surface area contributed by atoms with Crippen molar-refractivity contribution in [3.8, 4) is 0 Å². The molecule has 7 heteroatoms. The fraction of sp³-hybridized carbons (Fsp3) is 0.385. The van der Waals surface area contributed by atoms with E-state index >= 15 is 0 Å². The molecule has 1 unspecified atom stereocenters. The van der Waals surface area contributed by atoms with Crippen molar-refractivity contribution < 1.29 is 8.78 Å². The molecule has 0 amide bonds. The largest absolute Gasteiger partial charge is 0.271 e. The summed E-state index contributed by atoms with van der Waals surface area (Å²) in [5, 5.41) is 4.05. The van der Waals surface area contributed by atoms with Gasteiger partial charge in [0.05, 0.1) is 16.6 Å². The van der Waals surface area contributed by atoms with Gasteiger partial charge in [-0.25, -0.2) is 8.78 Å². The Labute approximate surface area is 120 Å². The van der Waals surface area contributed by atoms with Crippen LogP contribution in [0.25, 0.3) is 0 Å². The summed E-state index contributed by atoms with van der Waals surface area (Å²) in [5.41, 5.74) is 3.45. The summed E-state index contributed by atoms with van der Waals surface area (Å²) in [5.74, 6) is 4.39. The summed E-state index contributed by atoms with van der Waals surface area (Å²) in [6, 6.07) is 3.42. The molecule has 1 aromatic carbocycles. The first-order chi connectivity index (χ1) is 9.67. The van der Waals surface area contributed by atoms with E-state index in [4.69, 9.17) is 5.84 Å². The molecule has 2 aromatic rings. The first-order valence-electron chi connectivity index (χ1n) is 6.37. The average molecular weight is 298 g/mol. The zero-order valence-electron chi connectivity index (χ0n) is 11.1. The molecule has 1 aromatic heterocycles. The highest BCUT2D eigenvalue weighted by molar-refractivity contribution is 7.05. The molecule has 0 saturated carbocycles. The Hall–Kier alpha value is -1.44. The summed E-state index contributed by atoms with van der Waals surface area (Å²) in [4.78, 5) is 0.831. The minimum atomic E-state index is -0.570. The summed E-state index contributed by atoms with van der Waals surface area (Å²) in [7, 11) is 0. The van der Waals surface area contributed by atoms with Gasteiger partial charge in [0.15, 0.2) is 0 Å². The van der Waals surface area contributed by atoms with E-state index in [1.807, 2.05) is 6.92 Å². The van der Waals surface area contributed by atoms with Crippen LogP contribution in [0.1, 0.15) is 35.5 Å². The molecule has 108 valence electrons. The molecule has 0 aliphatic rings. The molecule has 0 spiro atoms. The van der Waals surface area contributed by atoms with Gasteiger partial charge < -0.3 is 0 Å². The van der Waals surface area contributed by atoms with E-state index in [0.29, 0.717) is 0 Å². The Balaban J connectivity index is 2.27. The first kappa shape index (κ1) is 15.0. The second-order valence-electron chi connectivity index (χ2n) is 4.46. The lowest BCUT2D eigenvalue weighted by Gasteiger charge is -2.16. The van der Waals surface area contributed by atoms with Crippen molar-refractivity contribution in [3.05, 3.63) is 46.0 Å². The Morgan fingerprint density at radius 2 is 2.05 bits per heavy atom. The number of aryl methyl sites for hydroxylation is 1. The van der Waals surface area contributed by atoms with Gasteiger partial charge in [-0.3, -0.25) is 11.3 Å². The third kappa shape index (κ3) is 3.17. The summed E-state index contributed by atoms with van der Waals surface area (Å²) < 4.78 is 31.3. The first-order valence-corrected chi connectivity index (χ1v) is 7.14. The Kier molecular flexibility index (Phi) is 5.11. The third-order valence-corrected chi connectivity index (χ3v) is 3.94. The number of benzene rings is 1. The molecule has 0 fully saturated rings. The molecular formula is C13H16F2N4S. The topological polar surface area (TPSA) is 63.8 Å². The fourth-order valence-electron chi connectivity index (χ4n) is 2.05. The molecule has 0 aliphatic carbocycles. The number of nitrogens with two attached hydrogens (primary N) is 1. The van der Waals surface area contributed by atoms with Crippen LogP contribution in [-0.4, -0.2) is 9.59 Å². The summed E-state index contributed by atoms with van der Waals surface area (Å²) in [6.07, 6.45) is 1.81. The smallest absolute Gasteiger partial charge is 0.129 e. The number of aromatic nitrogens is 2. The van der Waals surface area contributed by atoms with Crippen LogP contribution in [0, 0.1) is 11.6 Å². The van der Waals surface area contributed by atoms with E-state index in [1.54, 1.807) is 0 Å². The Morgan fingerprint density at radius 1 is 1.35 bits per heavy atom. The number of hydrazine groups is 1. The molecule has 0 aliphatic heterocycles. The highest BCUT2D eigenvalue weighted by Crippen LogP contribution is 2.26. The van der Waals surface area contributed by atoms with Gasteiger partial charge in [-0.15, -0.1) is 5.10 Å². The van der Waals surface area contributed by atoms with Gasteiger partial charge in [-0.05, 0) is 36.5 Å². The maximum atomic E-state index is 13.7. The monoisotopic (exact) mass is 298 g/mol. The van der Waals surface area contributed by atoms with Crippen molar-refractivity contribution in [2.75, 3.05) is 0 Å². The molecule has 0 radical (unpaired) electrons. The van der Waals surface area contributed by atoms with E-state index in [-0.39, 0.29) is 12.0 Å². The van der Waals surface area contributed by atoms with Crippen LogP contribution in [0.3, 0.4) is 0 Å². The lowest BCUT2D eigenvalue weighted by atomic mass is 10.0. The molecule has 20 heavy (non-hydrogen) atoms. The van der Waals surface area contributed by atoms with Crippen LogP contribution in [-0.2, 0) is 12.8 Å². The number of nitrogens with zero attached hydrogens (tertiary/aromatic N) is 2. The van der Waals surface area contributed by atoms with Crippen LogP contribution in [0.5, 0.6) is 0 Å². The predicted octanol–water partition coefficient (Wildman–Crippen LogP) is 2.52. The van der Waals surface area contributed by atoms with E-state index < -0.39 is 17.7 Å². The van der Waals surface area contributed by atoms with Crippen LogP contribution in [0.4, 0.5) is 8.78 Å². The highest BCUT2D eigenvalue weighted by atomic mass is 32.1. The standard InChI is InChI=1S/C13H16F2N4S/c1-2-4-11-13(20-19-18-11)12(17-16)7-8-9(14)5-3-6-10(8)15/h3,5-6,12,17H,2,4,7,16H2,1H3. The molecule has 3 N–H and O–H groups in total. The van der Waals surface area contributed by atoms with Gasteiger partial charge in [0.2, 0.25) is 0 Å². The number of hydrogen-bond donors (Lipinski definition) is 2. The van der Waals surface area contributed by atoms with Gasteiger partial charge in [0.25, 0.3) is 0 Å². The summed E-state index contributed by atoms with van der Waals surface area (Å²) in [6.45, 7) is 2.03. The summed E-state index contributed by atoms with van der Waals surface area (Å²) >= 11 is 1.20. The van der Waals surface area contributed by atoms with Gasteiger partial charge in [0, 0.05) is 5.56 Å². The zero-order chi connectivity index (χ0) is 14.5. The third-order valence-electron chi connectivity index (χ3n) is 3.06. The zero-order valence-corrected chi connectivity index (χ0v) is 11.9. The van der Waals surface area contributed by atoms with Crippen molar-refractivity contribution in [1.82, 2.24) is 15.0 Å². The van der Waals surface area contributed by atoms with Crippen molar-refractivity contribution in [3.63, 3.8) is 0 Å². The second-order valence-corrected chi connectivity index (χ2v) is 5.24. The molecule has 0 saturated heterocycles. The Morgan fingerprint density at radius 3 is 2.65 bits per heavy atom. The van der Waals surface area contributed by atoms with E-state index in [2.05, 4.69) is 15.0 Å². The lowest BCUT2D eigenvalue weighted by Crippen LogP contribution is -2.30. The molecule has 2 rings (SSSR count). The van der Waals surface area contributed by atoms with E-state index in [9.17, 15) is 8.78 Å². The minimum Gasteiger partial charge on any atom is -0.271 e. The van der Waals surface area contributed by atoms with Gasteiger partial charge >= 0.3 is 0 Å². The number of rotatable bonds is 6. The molecular weight excluding hydrogens is 282 g/mol. The molecule has 1 heterocycles. The molecule has 1 atom stereocenters. The maximum Gasteiger partial charge on any atom is 0.129 e. The predicted molar refractivity (Wildman–Crippen MR) is 74.0 cm³/mol. The second kappa shape index (κ2) is 6.83. The van der Waals surface area contributed by atoms with E-state index in [0.717, 1.165) is 23.4 Å². The van der Waals surface area contributed by atoms with Gasteiger partial charge in [-0.1, -0.05) is 23.9 Å². The van der Waals surface area contributed by atoms with Crippen molar-refractivity contribution in [2.24, 2.45) is 5.84 Å². The van der Waals surface area contributed by atoms with Crippen LogP contribution < -0.4 is 11.3 Å². The molecule has 0 bridgehead atoms. The normalized spacial score (nSPS) is 12.6. The average Bonchev–Trinajstić information content (AvgIpc) is 2.87. The molecule has 4 nitrogen and oxygen atoms in total. The number of hydrogen-bond acceptors (Lipinski definition) is 5. The van der Waals surface area contributed by atoms with E-state index in [1.165, 1.54) is 29.7 Å². The Bertz CT molecular complexity index is 553. The van der Waals surface area contributed by atoms with Crippen molar-refractivity contribution in [2.45, 2.75) is 32.2 Å². The van der Waals surface area contributed by atoms with Crippen LogP contribution in [0.15, 0.2) is 18.2 Å². The van der Waals surface area contributed by atoms with Gasteiger partial charge in [-0.2, -0.15) is 0 Å². The van der Waals surface area contributed by atoms with Gasteiger partial charge in [0.1, 0.15) is 11.6 Å². The minimum absolute atomic E-state index is 0.0197. The quantitative estimate of drug-likeness (QED) is 0.635. The SMILES string of the molecule is CCCc1nnsc1C(Cc1c(F)cccc1F)NN. The lowest BCUT2D eigenvalue weighted by molar-refractivity contribution is 0.501. The van der Waals surface area contributed by atoms with Crippen LogP contribution in [0.2, 0.25) is 0 Å². The van der Waals surface area contributed by atoms with Crippen molar-refractivity contribution in [1.29, 1.82) is 0 Å². The van der Waals surface area contributed by atoms with Crippen LogP contribution >= 0.6 is 11.5 Å². The fourth-order valence-corrected chi connectivity index (χ4v) is 2.80. The number of nitrogens with one attached hydrogen (secondary N) is 1. The van der Waals surface area contributed by atoms with Crippen molar-refractivity contribution >= 4 is 11.5 Å². The highest BCUT2D eigenvalue weighted by Gasteiger charge is 2.21. The maximum absolute atomic E-state index is 13.7.